The van der Waals surface area contributed by atoms with Crippen LogP contribution in [0, 0.1) is 5.92 Å². The highest BCUT2D eigenvalue weighted by atomic mass is 32.1. The second kappa shape index (κ2) is 5.69. The second-order valence-electron chi connectivity index (χ2n) is 5.12. The van der Waals surface area contributed by atoms with Crippen molar-refractivity contribution in [1.82, 2.24) is 9.88 Å². The topological polar surface area (TPSA) is 70.5 Å². The molecule has 19 heavy (non-hydrogen) atoms. The van der Waals surface area contributed by atoms with E-state index in [1.807, 2.05) is 13.8 Å². The molecule has 0 atom stereocenters. The Kier molecular flexibility index (Phi) is 4.19. The van der Waals surface area contributed by atoms with E-state index in [4.69, 9.17) is 5.11 Å². The van der Waals surface area contributed by atoms with Crippen LogP contribution in [0.2, 0.25) is 0 Å². The van der Waals surface area contributed by atoms with Crippen molar-refractivity contribution in [1.29, 1.82) is 0 Å². The number of aromatic nitrogens is 1. The minimum Gasteiger partial charge on any atom is -0.481 e. The second-order valence-corrected chi connectivity index (χ2v) is 6.18. The van der Waals surface area contributed by atoms with Crippen LogP contribution in [0.5, 0.6) is 0 Å². The number of carboxylic acids is 1. The monoisotopic (exact) mass is 282 g/mol. The van der Waals surface area contributed by atoms with Crippen LogP contribution in [0.3, 0.4) is 0 Å². The van der Waals surface area contributed by atoms with Crippen LogP contribution in [0.1, 0.15) is 47.3 Å². The summed E-state index contributed by atoms with van der Waals surface area (Å²) in [6, 6.07) is 0. The molecule has 1 aromatic heterocycles. The molecule has 6 heteroatoms. The highest BCUT2D eigenvalue weighted by molar-refractivity contribution is 7.13. The average Bonchev–Trinajstić information content (AvgIpc) is 2.87. The molecule has 5 nitrogen and oxygen atoms in total. The van der Waals surface area contributed by atoms with E-state index in [0.29, 0.717) is 36.7 Å². The van der Waals surface area contributed by atoms with Crippen molar-refractivity contribution in [2.24, 2.45) is 5.92 Å². The third-order valence-electron chi connectivity index (χ3n) is 3.36. The Morgan fingerprint density at radius 1 is 1.42 bits per heavy atom. The fraction of sp³-hybridized carbons (Fsp3) is 0.615. The van der Waals surface area contributed by atoms with Gasteiger partial charge in [-0.3, -0.25) is 9.59 Å². The van der Waals surface area contributed by atoms with Gasteiger partial charge in [0, 0.05) is 19.0 Å². The van der Waals surface area contributed by atoms with Crippen LogP contribution in [0.25, 0.3) is 0 Å². The molecule has 1 aromatic rings. The van der Waals surface area contributed by atoms with Gasteiger partial charge in [-0.05, 0) is 12.8 Å². The van der Waals surface area contributed by atoms with Gasteiger partial charge >= 0.3 is 5.97 Å². The van der Waals surface area contributed by atoms with Crippen LogP contribution in [-0.4, -0.2) is 40.0 Å². The predicted octanol–water partition coefficient (Wildman–Crippen LogP) is 2.20. The molecule has 2 heterocycles. The van der Waals surface area contributed by atoms with Crippen molar-refractivity contribution in [3.8, 4) is 0 Å². The molecule has 0 aromatic carbocycles. The minimum atomic E-state index is -0.757. The number of likely N-dealkylation sites (tertiary alicyclic amines) is 1. The van der Waals surface area contributed by atoms with Crippen LogP contribution in [0.4, 0.5) is 0 Å². The molecule has 104 valence electrons. The summed E-state index contributed by atoms with van der Waals surface area (Å²) < 4.78 is 0. The lowest BCUT2D eigenvalue weighted by atomic mass is 9.97. The number of piperidine rings is 1. The molecule has 1 fully saturated rings. The van der Waals surface area contributed by atoms with Crippen molar-refractivity contribution in [2.75, 3.05) is 13.1 Å². The number of carbonyl (C=O) groups is 2. The molecule has 1 amide bonds. The van der Waals surface area contributed by atoms with Gasteiger partial charge in [0.25, 0.3) is 5.91 Å². The fourth-order valence-electron chi connectivity index (χ4n) is 2.14. The van der Waals surface area contributed by atoms with Gasteiger partial charge in [0.1, 0.15) is 4.88 Å². The molecule has 0 spiro atoms. The number of hydrogen-bond acceptors (Lipinski definition) is 4. The molecule has 2 rings (SSSR count). The van der Waals surface area contributed by atoms with Crippen molar-refractivity contribution in [3.63, 3.8) is 0 Å². The Bertz CT molecular complexity index is 476. The number of nitrogens with zero attached hydrogens (tertiary/aromatic N) is 2. The van der Waals surface area contributed by atoms with Crippen molar-refractivity contribution < 1.29 is 14.7 Å². The van der Waals surface area contributed by atoms with Crippen molar-refractivity contribution in [3.05, 3.63) is 16.1 Å². The van der Waals surface area contributed by atoms with E-state index in [1.165, 1.54) is 11.3 Å². The maximum Gasteiger partial charge on any atom is 0.306 e. The number of carbonyl (C=O) groups excluding carboxylic acids is 1. The summed E-state index contributed by atoms with van der Waals surface area (Å²) in [5, 5.41) is 9.89. The van der Waals surface area contributed by atoms with Gasteiger partial charge in [-0.1, -0.05) is 13.8 Å². The van der Waals surface area contributed by atoms with Gasteiger partial charge in [0.05, 0.1) is 17.1 Å². The largest absolute Gasteiger partial charge is 0.481 e. The van der Waals surface area contributed by atoms with E-state index in [1.54, 1.807) is 11.1 Å². The third-order valence-corrected chi connectivity index (χ3v) is 4.65. The van der Waals surface area contributed by atoms with Crippen LogP contribution < -0.4 is 0 Å². The molecule has 1 N–H and O–H groups in total. The minimum absolute atomic E-state index is 0.0201. The number of carboxylic acid groups (broad SMARTS) is 1. The highest BCUT2D eigenvalue weighted by Gasteiger charge is 2.28. The number of rotatable bonds is 3. The van der Waals surface area contributed by atoms with Crippen LogP contribution in [0.15, 0.2) is 6.20 Å². The normalized spacial score (nSPS) is 16.9. The molecule has 0 saturated carbocycles. The smallest absolute Gasteiger partial charge is 0.306 e. The summed E-state index contributed by atoms with van der Waals surface area (Å²) in [5.74, 6) is -0.763. The Labute approximate surface area is 116 Å². The first-order valence-electron chi connectivity index (χ1n) is 6.47. The maximum atomic E-state index is 12.3. The van der Waals surface area contributed by atoms with Crippen LogP contribution >= 0.6 is 11.3 Å². The third kappa shape index (κ3) is 3.12. The van der Waals surface area contributed by atoms with E-state index in [0.717, 1.165) is 5.01 Å². The standard InChI is InChI=1S/C13H18N2O3S/c1-8(2)11-14-7-10(19-11)12(16)15-5-3-9(4-6-15)13(17)18/h7-9H,3-6H2,1-2H3,(H,17,18). The van der Waals surface area contributed by atoms with Gasteiger partial charge in [-0.15, -0.1) is 11.3 Å². The first kappa shape index (κ1) is 14.0. The summed E-state index contributed by atoms with van der Waals surface area (Å²) >= 11 is 1.43. The van der Waals surface area contributed by atoms with Gasteiger partial charge in [0.15, 0.2) is 0 Å². The predicted molar refractivity (Wildman–Crippen MR) is 72.5 cm³/mol. The van der Waals surface area contributed by atoms with E-state index < -0.39 is 5.97 Å². The number of aliphatic carboxylic acids is 1. The zero-order valence-electron chi connectivity index (χ0n) is 11.1. The first-order chi connectivity index (χ1) is 8.99. The first-order valence-corrected chi connectivity index (χ1v) is 7.28. The lowest BCUT2D eigenvalue weighted by Crippen LogP contribution is -2.39. The Morgan fingerprint density at radius 3 is 2.53 bits per heavy atom. The summed E-state index contributed by atoms with van der Waals surface area (Å²) in [6.07, 6.45) is 2.71. The zero-order chi connectivity index (χ0) is 14.0. The quantitative estimate of drug-likeness (QED) is 0.922. The average molecular weight is 282 g/mol. The van der Waals surface area contributed by atoms with E-state index in [-0.39, 0.29) is 11.8 Å². The molecule has 0 aliphatic carbocycles. The van der Waals surface area contributed by atoms with E-state index in [9.17, 15) is 9.59 Å². The summed E-state index contributed by atoms with van der Waals surface area (Å²) in [7, 11) is 0. The van der Waals surface area contributed by atoms with Gasteiger partial charge in [0.2, 0.25) is 0 Å². The zero-order valence-corrected chi connectivity index (χ0v) is 11.9. The molecule has 1 aliphatic rings. The summed E-state index contributed by atoms with van der Waals surface area (Å²) in [4.78, 5) is 29.8. The number of thiazole rings is 1. The van der Waals surface area contributed by atoms with Crippen LogP contribution in [-0.2, 0) is 4.79 Å². The lowest BCUT2D eigenvalue weighted by Gasteiger charge is -2.29. The molecule has 0 bridgehead atoms. The molecule has 0 unspecified atom stereocenters. The maximum absolute atomic E-state index is 12.3. The van der Waals surface area contributed by atoms with Gasteiger partial charge in [-0.25, -0.2) is 4.98 Å². The molecule has 1 aliphatic heterocycles. The van der Waals surface area contributed by atoms with E-state index >= 15 is 0 Å². The lowest BCUT2D eigenvalue weighted by molar-refractivity contribution is -0.143. The Balaban J connectivity index is 1.99. The Morgan fingerprint density at radius 2 is 2.05 bits per heavy atom. The fourth-order valence-corrected chi connectivity index (χ4v) is 3.03. The molecular weight excluding hydrogens is 264 g/mol. The molecule has 1 saturated heterocycles. The van der Waals surface area contributed by atoms with Crippen molar-refractivity contribution >= 4 is 23.2 Å². The molecule has 0 radical (unpaired) electrons. The van der Waals surface area contributed by atoms with Gasteiger partial charge < -0.3 is 10.0 Å². The Hall–Kier alpha value is -1.43. The summed E-state index contributed by atoms with van der Waals surface area (Å²) in [5.41, 5.74) is 0. The highest BCUT2D eigenvalue weighted by Crippen LogP contribution is 2.24. The molecular formula is C13H18N2O3S. The number of hydrogen-bond donors (Lipinski definition) is 1. The van der Waals surface area contributed by atoms with Gasteiger partial charge in [-0.2, -0.15) is 0 Å². The summed E-state index contributed by atoms with van der Waals surface area (Å²) in [6.45, 7) is 5.13. The van der Waals surface area contributed by atoms with E-state index in [2.05, 4.69) is 4.98 Å². The SMILES string of the molecule is CC(C)c1ncc(C(=O)N2CCC(C(=O)O)CC2)s1. The van der Waals surface area contributed by atoms with Crippen molar-refractivity contribution in [2.45, 2.75) is 32.6 Å². The number of amides is 1.